The number of hydrogen-bond acceptors (Lipinski definition) is 2. The van der Waals surface area contributed by atoms with Crippen molar-refractivity contribution in [2.75, 3.05) is 6.54 Å². The normalized spacial score (nSPS) is 11.6. The second-order valence-electron chi connectivity index (χ2n) is 6.35. The van der Waals surface area contributed by atoms with Gasteiger partial charge in [-0.25, -0.2) is 4.98 Å². The maximum Gasteiger partial charge on any atom is 0.137 e. The van der Waals surface area contributed by atoms with Gasteiger partial charge in [-0.05, 0) is 37.9 Å². The lowest BCUT2D eigenvalue weighted by atomic mass is 10.0. The lowest BCUT2D eigenvalue weighted by molar-refractivity contribution is 0.511. The van der Waals surface area contributed by atoms with E-state index in [1.165, 1.54) is 37.8 Å². The quantitative estimate of drug-likeness (QED) is 0.695. The molecule has 0 bridgehead atoms. The SMILES string of the molecule is Cc1nc2ccccn2c1CNCCCCCCC(C)C. The third-order valence-corrected chi connectivity index (χ3v) is 4.01. The number of nitrogens with zero attached hydrogens (tertiary/aromatic N) is 2. The zero-order valence-corrected chi connectivity index (χ0v) is 13.7. The van der Waals surface area contributed by atoms with E-state index in [4.69, 9.17) is 0 Å². The van der Waals surface area contributed by atoms with Gasteiger partial charge in [0.25, 0.3) is 0 Å². The first-order chi connectivity index (χ1) is 10.2. The van der Waals surface area contributed by atoms with Gasteiger partial charge in [0, 0.05) is 12.7 Å². The maximum absolute atomic E-state index is 4.59. The third-order valence-electron chi connectivity index (χ3n) is 4.01. The molecule has 3 nitrogen and oxygen atoms in total. The van der Waals surface area contributed by atoms with Gasteiger partial charge < -0.3 is 9.72 Å². The molecule has 3 heteroatoms. The fourth-order valence-corrected chi connectivity index (χ4v) is 2.74. The van der Waals surface area contributed by atoms with Crippen LogP contribution in [-0.4, -0.2) is 15.9 Å². The Hall–Kier alpha value is -1.35. The Balaban J connectivity index is 1.67. The Morgan fingerprint density at radius 3 is 2.76 bits per heavy atom. The van der Waals surface area contributed by atoms with Crippen LogP contribution in [0.1, 0.15) is 57.3 Å². The van der Waals surface area contributed by atoms with E-state index in [0.717, 1.165) is 30.3 Å². The summed E-state index contributed by atoms with van der Waals surface area (Å²) in [4.78, 5) is 4.59. The second-order valence-corrected chi connectivity index (χ2v) is 6.35. The van der Waals surface area contributed by atoms with Crippen molar-refractivity contribution in [3.63, 3.8) is 0 Å². The molecule has 0 unspecified atom stereocenters. The maximum atomic E-state index is 4.59. The van der Waals surface area contributed by atoms with Gasteiger partial charge in [-0.1, -0.05) is 45.6 Å². The number of rotatable bonds is 9. The summed E-state index contributed by atoms with van der Waals surface area (Å²) in [5.41, 5.74) is 3.46. The van der Waals surface area contributed by atoms with Crippen molar-refractivity contribution in [2.45, 2.75) is 59.4 Å². The molecule has 0 aromatic carbocycles. The highest BCUT2D eigenvalue weighted by atomic mass is 15.0. The highest BCUT2D eigenvalue weighted by molar-refractivity contribution is 5.42. The van der Waals surface area contributed by atoms with Crippen molar-refractivity contribution in [2.24, 2.45) is 5.92 Å². The minimum absolute atomic E-state index is 0.848. The minimum atomic E-state index is 0.848. The molecule has 0 aliphatic rings. The number of nitrogens with one attached hydrogen (secondary N) is 1. The lowest BCUT2D eigenvalue weighted by Crippen LogP contribution is -2.16. The summed E-state index contributed by atoms with van der Waals surface area (Å²) in [6, 6.07) is 6.16. The van der Waals surface area contributed by atoms with Gasteiger partial charge in [0.15, 0.2) is 0 Å². The second kappa shape index (κ2) is 8.18. The summed E-state index contributed by atoms with van der Waals surface area (Å²) < 4.78 is 2.19. The van der Waals surface area contributed by atoms with Crippen LogP contribution in [0.3, 0.4) is 0 Å². The fourth-order valence-electron chi connectivity index (χ4n) is 2.74. The number of imidazole rings is 1. The summed E-state index contributed by atoms with van der Waals surface area (Å²) in [5, 5.41) is 3.56. The Morgan fingerprint density at radius 2 is 1.95 bits per heavy atom. The highest BCUT2D eigenvalue weighted by Gasteiger charge is 2.06. The van der Waals surface area contributed by atoms with Crippen LogP contribution in [0.2, 0.25) is 0 Å². The molecular weight excluding hydrogens is 258 g/mol. The smallest absolute Gasteiger partial charge is 0.137 e. The number of pyridine rings is 1. The van der Waals surface area contributed by atoms with E-state index in [1.54, 1.807) is 0 Å². The van der Waals surface area contributed by atoms with Crippen LogP contribution in [0.25, 0.3) is 5.65 Å². The van der Waals surface area contributed by atoms with E-state index in [0.29, 0.717) is 0 Å². The highest BCUT2D eigenvalue weighted by Crippen LogP contribution is 2.12. The number of hydrogen-bond donors (Lipinski definition) is 1. The van der Waals surface area contributed by atoms with Crippen molar-refractivity contribution in [3.8, 4) is 0 Å². The average Bonchev–Trinajstić information content (AvgIpc) is 2.77. The molecule has 0 aliphatic heterocycles. The Bertz CT molecular complexity index is 542. The van der Waals surface area contributed by atoms with Gasteiger partial charge in [0.2, 0.25) is 0 Å². The van der Waals surface area contributed by atoms with Gasteiger partial charge >= 0.3 is 0 Å². The zero-order valence-electron chi connectivity index (χ0n) is 13.7. The van der Waals surface area contributed by atoms with E-state index in [-0.39, 0.29) is 0 Å². The minimum Gasteiger partial charge on any atom is -0.311 e. The van der Waals surface area contributed by atoms with Crippen molar-refractivity contribution >= 4 is 5.65 Å². The van der Waals surface area contributed by atoms with E-state index in [9.17, 15) is 0 Å². The summed E-state index contributed by atoms with van der Waals surface area (Å²) in [7, 11) is 0. The predicted octanol–water partition coefficient (Wildman–Crippen LogP) is 4.34. The molecule has 116 valence electrons. The molecule has 0 saturated heterocycles. The van der Waals surface area contributed by atoms with E-state index < -0.39 is 0 Å². The van der Waals surface area contributed by atoms with Crippen molar-refractivity contribution < 1.29 is 0 Å². The summed E-state index contributed by atoms with van der Waals surface area (Å²) in [6.45, 7) is 8.71. The van der Waals surface area contributed by atoms with E-state index in [2.05, 4.69) is 53.8 Å². The molecule has 0 spiro atoms. The molecule has 2 aromatic rings. The number of fused-ring (bicyclic) bond motifs is 1. The molecule has 0 fully saturated rings. The standard InChI is InChI=1S/C18H29N3/c1-15(2)10-6-4-5-8-12-19-14-17-16(3)20-18-11-7-9-13-21(17)18/h7,9,11,13,15,19H,4-6,8,10,12,14H2,1-3H3. The van der Waals surface area contributed by atoms with Gasteiger partial charge in [0.1, 0.15) is 5.65 Å². The van der Waals surface area contributed by atoms with Crippen LogP contribution in [0, 0.1) is 12.8 Å². The Kier molecular flexibility index (Phi) is 6.24. The van der Waals surface area contributed by atoms with Gasteiger partial charge in [-0.3, -0.25) is 0 Å². The first-order valence-electron chi connectivity index (χ1n) is 8.31. The largest absolute Gasteiger partial charge is 0.311 e. The molecule has 21 heavy (non-hydrogen) atoms. The Labute approximate surface area is 128 Å². The molecule has 2 aromatic heterocycles. The molecule has 0 saturated carbocycles. The number of aromatic nitrogens is 2. The van der Waals surface area contributed by atoms with Crippen LogP contribution in [0.5, 0.6) is 0 Å². The number of unbranched alkanes of at least 4 members (excludes halogenated alkanes) is 3. The Morgan fingerprint density at radius 1 is 1.14 bits per heavy atom. The molecule has 0 aliphatic carbocycles. The first kappa shape index (κ1) is 16.0. The van der Waals surface area contributed by atoms with Crippen LogP contribution >= 0.6 is 0 Å². The average molecular weight is 287 g/mol. The van der Waals surface area contributed by atoms with Gasteiger partial charge in [-0.15, -0.1) is 0 Å². The lowest BCUT2D eigenvalue weighted by Gasteiger charge is -2.07. The van der Waals surface area contributed by atoms with Crippen LogP contribution in [-0.2, 0) is 6.54 Å². The topological polar surface area (TPSA) is 29.3 Å². The first-order valence-corrected chi connectivity index (χ1v) is 8.31. The summed E-state index contributed by atoms with van der Waals surface area (Å²) in [5.74, 6) is 0.848. The van der Waals surface area contributed by atoms with Gasteiger partial charge in [-0.2, -0.15) is 0 Å². The number of aryl methyl sites for hydroxylation is 1. The predicted molar refractivity (Wildman–Crippen MR) is 89.6 cm³/mol. The molecule has 2 rings (SSSR count). The molecule has 0 amide bonds. The van der Waals surface area contributed by atoms with Gasteiger partial charge in [0.05, 0.1) is 11.4 Å². The van der Waals surface area contributed by atoms with Crippen molar-refractivity contribution in [1.29, 1.82) is 0 Å². The molecule has 1 N–H and O–H groups in total. The van der Waals surface area contributed by atoms with Crippen molar-refractivity contribution in [3.05, 3.63) is 35.8 Å². The van der Waals surface area contributed by atoms with Crippen LogP contribution in [0.15, 0.2) is 24.4 Å². The van der Waals surface area contributed by atoms with E-state index in [1.807, 2.05) is 6.07 Å². The third kappa shape index (κ3) is 4.85. The fraction of sp³-hybridized carbons (Fsp3) is 0.611. The van der Waals surface area contributed by atoms with Crippen LogP contribution < -0.4 is 5.32 Å². The monoisotopic (exact) mass is 287 g/mol. The zero-order chi connectivity index (χ0) is 15.1. The molecule has 2 heterocycles. The summed E-state index contributed by atoms with van der Waals surface area (Å²) >= 11 is 0. The van der Waals surface area contributed by atoms with Crippen molar-refractivity contribution in [1.82, 2.24) is 14.7 Å². The molecular formula is C18H29N3. The molecule has 0 radical (unpaired) electrons. The summed E-state index contributed by atoms with van der Waals surface area (Å²) in [6.07, 6.45) is 8.82. The molecule has 0 atom stereocenters. The van der Waals surface area contributed by atoms with Crippen LogP contribution in [0.4, 0.5) is 0 Å². The van der Waals surface area contributed by atoms with E-state index >= 15 is 0 Å².